The molecule has 6 heteroatoms. The van der Waals surface area contributed by atoms with E-state index in [2.05, 4.69) is 54.1 Å². The number of hydrogen-bond acceptors (Lipinski definition) is 6. The number of nitrogens with one attached hydrogen (secondary N) is 2. The fourth-order valence-corrected chi connectivity index (χ4v) is 2.85. The molecule has 0 bridgehead atoms. The van der Waals surface area contributed by atoms with Crippen molar-refractivity contribution in [2.24, 2.45) is 0 Å². The van der Waals surface area contributed by atoms with Crippen LogP contribution in [0, 0.1) is 10.8 Å². The normalized spacial score (nSPS) is 9.70. The zero-order chi connectivity index (χ0) is 25.1. The van der Waals surface area contributed by atoms with Gasteiger partial charge in [0.15, 0.2) is 5.90 Å². The summed E-state index contributed by atoms with van der Waals surface area (Å²) in [6.45, 7) is 16.4. The van der Waals surface area contributed by atoms with Crippen molar-refractivity contribution in [2.45, 2.75) is 46.5 Å². The van der Waals surface area contributed by atoms with Gasteiger partial charge in [-0.2, -0.15) is 0 Å². The Morgan fingerprint density at radius 1 is 1.03 bits per heavy atom. The molecular weight excluding hydrogens is 412 g/mol. The van der Waals surface area contributed by atoms with E-state index < -0.39 is 0 Å². The summed E-state index contributed by atoms with van der Waals surface area (Å²) < 4.78 is 10.6. The van der Waals surface area contributed by atoms with Gasteiger partial charge in [-0.1, -0.05) is 57.4 Å². The fraction of sp³-hybridized carbons (Fsp3) is 0.333. The topological polar surface area (TPSA) is 91.9 Å². The summed E-state index contributed by atoms with van der Waals surface area (Å²) >= 11 is 0. The third kappa shape index (κ3) is 10.5. The lowest BCUT2D eigenvalue weighted by atomic mass is 10.1. The maximum atomic E-state index is 7.23. The molecule has 0 saturated heterocycles. The van der Waals surface area contributed by atoms with Crippen molar-refractivity contribution >= 4 is 30.8 Å². The molecule has 0 aliphatic rings. The highest BCUT2D eigenvalue weighted by Gasteiger charge is 2.13. The molecule has 0 saturated carbocycles. The maximum absolute atomic E-state index is 7.23. The minimum absolute atomic E-state index is 0.283. The Morgan fingerprint density at radius 3 is 2.30 bits per heavy atom. The fourth-order valence-electron chi connectivity index (χ4n) is 2.85. The number of aromatic nitrogens is 2. The van der Waals surface area contributed by atoms with Crippen molar-refractivity contribution in [3.8, 4) is 17.1 Å². The third-order valence-electron chi connectivity index (χ3n) is 4.30. The number of allylic oxidation sites excluding steroid dienone is 1. The second kappa shape index (κ2) is 18.1. The van der Waals surface area contributed by atoms with Crippen LogP contribution in [0.4, 0.5) is 0 Å². The number of unbranched alkanes of at least 4 members (excludes halogenated alkanes) is 3. The molecule has 1 aromatic heterocycles. The molecular formula is C27H38N4O2. The Balaban J connectivity index is 0.00000242. The largest absolute Gasteiger partial charge is 0.481 e. The van der Waals surface area contributed by atoms with E-state index in [1.165, 1.54) is 0 Å². The van der Waals surface area contributed by atoms with E-state index in [0.717, 1.165) is 36.8 Å². The number of nitrogens with zero attached hydrogens (tertiary/aromatic N) is 2. The molecule has 0 spiro atoms. The van der Waals surface area contributed by atoms with Crippen molar-refractivity contribution < 1.29 is 9.47 Å². The third-order valence-corrected chi connectivity index (χ3v) is 4.30. The van der Waals surface area contributed by atoms with E-state index >= 15 is 0 Å². The smallest absolute Gasteiger partial charge is 0.240 e. The van der Waals surface area contributed by atoms with Gasteiger partial charge in [-0.05, 0) is 56.2 Å². The van der Waals surface area contributed by atoms with Crippen molar-refractivity contribution in [1.29, 1.82) is 10.8 Å². The van der Waals surface area contributed by atoms with Crippen LogP contribution in [0.15, 0.2) is 43.5 Å². The zero-order valence-corrected chi connectivity index (χ0v) is 20.5. The minimum Gasteiger partial charge on any atom is -0.481 e. The Hall–Kier alpha value is -3.54. The predicted octanol–water partition coefficient (Wildman–Crippen LogP) is 7.32. The van der Waals surface area contributed by atoms with E-state index in [1.807, 2.05) is 26.0 Å². The van der Waals surface area contributed by atoms with Gasteiger partial charge in [0.1, 0.15) is 5.69 Å². The molecule has 0 aliphatic heterocycles. The van der Waals surface area contributed by atoms with E-state index in [9.17, 15) is 0 Å². The van der Waals surface area contributed by atoms with Crippen molar-refractivity contribution in [2.75, 3.05) is 13.7 Å². The minimum atomic E-state index is 0.283. The van der Waals surface area contributed by atoms with Crippen LogP contribution in [-0.4, -0.2) is 36.3 Å². The summed E-state index contributed by atoms with van der Waals surface area (Å²) in [5.74, 6) is 0.749. The summed E-state index contributed by atoms with van der Waals surface area (Å²) in [6, 6.07) is 8.13. The van der Waals surface area contributed by atoms with Crippen molar-refractivity contribution in [1.82, 2.24) is 9.97 Å². The molecule has 6 nitrogen and oxygen atoms in total. The zero-order valence-electron chi connectivity index (χ0n) is 20.5. The molecule has 0 fully saturated rings. The van der Waals surface area contributed by atoms with Crippen LogP contribution in [0.2, 0.25) is 0 Å². The lowest BCUT2D eigenvalue weighted by Crippen LogP contribution is -2.00. The SMILES string of the molecule is C=Cc1nc(OC)c(-c2cccc(/C=C/CCCCCOC(C)=N)c2)nc1C=C.C=N.CC. The van der Waals surface area contributed by atoms with Crippen LogP contribution in [0.1, 0.15) is 63.4 Å². The lowest BCUT2D eigenvalue weighted by molar-refractivity contribution is 0.288. The first kappa shape index (κ1) is 29.5. The number of hydrogen-bond donors (Lipinski definition) is 2. The molecule has 0 unspecified atom stereocenters. The molecule has 2 rings (SSSR count). The first-order valence-corrected chi connectivity index (χ1v) is 11.1. The van der Waals surface area contributed by atoms with Gasteiger partial charge in [0.2, 0.25) is 5.88 Å². The van der Waals surface area contributed by atoms with E-state index in [-0.39, 0.29) is 5.90 Å². The number of rotatable bonds is 11. The summed E-state index contributed by atoms with van der Waals surface area (Å²) in [6.07, 6.45) is 11.8. The summed E-state index contributed by atoms with van der Waals surface area (Å²) in [5.41, 5.74) is 4.05. The van der Waals surface area contributed by atoms with Gasteiger partial charge in [0, 0.05) is 12.5 Å². The molecule has 0 radical (unpaired) electrons. The second-order valence-electron chi connectivity index (χ2n) is 6.54. The van der Waals surface area contributed by atoms with Crippen molar-refractivity contribution in [3.05, 3.63) is 60.5 Å². The van der Waals surface area contributed by atoms with Crippen LogP contribution in [-0.2, 0) is 4.74 Å². The number of ether oxygens (including phenoxy) is 2. The Morgan fingerprint density at radius 2 is 1.70 bits per heavy atom. The van der Waals surface area contributed by atoms with Crippen molar-refractivity contribution in [3.63, 3.8) is 0 Å². The molecule has 2 aromatic rings. The van der Waals surface area contributed by atoms with E-state index in [4.69, 9.17) is 20.3 Å². The average Bonchev–Trinajstić information content (AvgIpc) is 2.87. The molecule has 1 aromatic carbocycles. The van der Waals surface area contributed by atoms with Crippen LogP contribution < -0.4 is 4.74 Å². The molecule has 0 atom stereocenters. The number of benzene rings is 1. The summed E-state index contributed by atoms with van der Waals surface area (Å²) in [7, 11) is 1.59. The van der Waals surface area contributed by atoms with Crippen LogP contribution in [0.5, 0.6) is 5.88 Å². The van der Waals surface area contributed by atoms with Gasteiger partial charge in [0.25, 0.3) is 0 Å². The molecule has 2 N–H and O–H groups in total. The van der Waals surface area contributed by atoms with E-state index in [0.29, 0.717) is 29.6 Å². The quantitative estimate of drug-likeness (QED) is 0.213. The highest BCUT2D eigenvalue weighted by atomic mass is 16.5. The Kier molecular flexibility index (Phi) is 16.1. The number of methoxy groups -OCH3 is 1. The van der Waals surface area contributed by atoms with Gasteiger partial charge in [0.05, 0.1) is 25.1 Å². The predicted molar refractivity (Wildman–Crippen MR) is 142 cm³/mol. The maximum Gasteiger partial charge on any atom is 0.240 e. The highest BCUT2D eigenvalue weighted by Crippen LogP contribution is 2.29. The molecule has 33 heavy (non-hydrogen) atoms. The average molecular weight is 451 g/mol. The van der Waals surface area contributed by atoms with E-state index in [1.54, 1.807) is 26.2 Å². The lowest BCUT2D eigenvalue weighted by Gasteiger charge is -2.10. The Bertz CT molecular complexity index is 907. The van der Waals surface area contributed by atoms with Gasteiger partial charge in [-0.25, -0.2) is 9.97 Å². The van der Waals surface area contributed by atoms with Gasteiger partial charge >= 0.3 is 0 Å². The molecule has 1 heterocycles. The first-order chi connectivity index (χ1) is 16.1. The standard InChI is InChI=1S/C24H29N3O2.C2H6.CH3N/c1-5-21-22(6-2)27-24(28-4)23(26-21)20-15-12-14-19(17-20)13-10-8-7-9-11-16-29-18(3)25;2*1-2/h5-6,10,12-15,17,25H,1-2,7-9,11,16H2,3-4H3;1-2H3;2H,1H2/b13-10+,25-18?;;. The van der Waals surface area contributed by atoms with Gasteiger partial charge < -0.3 is 14.9 Å². The molecule has 0 aliphatic carbocycles. The first-order valence-electron chi connectivity index (χ1n) is 11.1. The Labute approximate surface area is 199 Å². The monoisotopic (exact) mass is 450 g/mol. The summed E-state index contributed by atoms with van der Waals surface area (Å²) in [4.78, 5) is 9.16. The summed E-state index contributed by atoms with van der Waals surface area (Å²) in [5, 5.41) is 12.7. The second-order valence-corrected chi connectivity index (χ2v) is 6.54. The highest BCUT2D eigenvalue weighted by molar-refractivity contribution is 5.71. The molecule has 178 valence electrons. The van der Waals surface area contributed by atoms with Crippen LogP contribution in [0.25, 0.3) is 29.5 Å². The van der Waals surface area contributed by atoms with Gasteiger partial charge in [-0.15, -0.1) is 0 Å². The molecule has 0 amide bonds. The van der Waals surface area contributed by atoms with Gasteiger partial charge in [-0.3, -0.25) is 5.41 Å². The van der Waals surface area contributed by atoms with Crippen LogP contribution in [0.3, 0.4) is 0 Å². The van der Waals surface area contributed by atoms with Crippen LogP contribution >= 0.6 is 0 Å².